The van der Waals surface area contributed by atoms with Crippen LogP contribution >= 0.6 is 0 Å². The highest BCUT2D eigenvalue weighted by Crippen LogP contribution is 2.39. The van der Waals surface area contributed by atoms with Gasteiger partial charge in [-0.3, -0.25) is 0 Å². The summed E-state index contributed by atoms with van der Waals surface area (Å²) in [7, 11) is 1.73. The Labute approximate surface area is 115 Å². The average Bonchev–Trinajstić information content (AvgIpc) is 3.32. The zero-order valence-corrected chi connectivity index (χ0v) is 11.8. The molecule has 19 heavy (non-hydrogen) atoms. The van der Waals surface area contributed by atoms with Gasteiger partial charge in [-0.15, -0.1) is 0 Å². The van der Waals surface area contributed by atoms with Crippen LogP contribution in [0.1, 0.15) is 31.2 Å². The number of benzene rings is 1. The molecule has 0 amide bonds. The van der Waals surface area contributed by atoms with Gasteiger partial charge in [0.25, 0.3) is 0 Å². The Morgan fingerprint density at radius 1 is 1.32 bits per heavy atom. The fourth-order valence-electron chi connectivity index (χ4n) is 3.32. The molecule has 0 spiro atoms. The Bertz CT molecular complexity index is 434. The molecule has 0 bridgehead atoms. The van der Waals surface area contributed by atoms with E-state index in [4.69, 9.17) is 10.5 Å². The van der Waals surface area contributed by atoms with Crippen molar-refractivity contribution in [2.75, 3.05) is 26.7 Å². The number of hydrogen-bond donors (Lipinski definition) is 1. The summed E-state index contributed by atoms with van der Waals surface area (Å²) in [5.74, 6) is 0.940. The summed E-state index contributed by atoms with van der Waals surface area (Å²) in [5, 5.41) is 0. The van der Waals surface area contributed by atoms with Gasteiger partial charge in [-0.1, -0.05) is 12.1 Å². The molecule has 2 N–H and O–H groups in total. The topological polar surface area (TPSA) is 38.5 Å². The van der Waals surface area contributed by atoms with Gasteiger partial charge >= 0.3 is 0 Å². The van der Waals surface area contributed by atoms with Crippen molar-refractivity contribution in [3.05, 3.63) is 29.8 Å². The van der Waals surface area contributed by atoms with Gasteiger partial charge in [0, 0.05) is 18.0 Å². The molecule has 0 aromatic heterocycles. The number of methoxy groups -OCH3 is 1. The van der Waals surface area contributed by atoms with Crippen LogP contribution in [-0.2, 0) is 5.41 Å². The van der Waals surface area contributed by atoms with E-state index >= 15 is 0 Å². The molecule has 2 fully saturated rings. The third-order valence-electron chi connectivity index (χ3n) is 4.89. The summed E-state index contributed by atoms with van der Waals surface area (Å²) in [4.78, 5) is 2.65. The lowest BCUT2D eigenvalue weighted by molar-refractivity contribution is 0.155. The van der Waals surface area contributed by atoms with E-state index in [0.717, 1.165) is 18.3 Å². The molecule has 0 atom stereocenters. The van der Waals surface area contributed by atoms with Crippen molar-refractivity contribution in [1.29, 1.82) is 0 Å². The Morgan fingerprint density at radius 2 is 2.05 bits per heavy atom. The lowest BCUT2D eigenvalue weighted by Crippen LogP contribution is -2.47. The van der Waals surface area contributed by atoms with Crippen molar-refractivity contribution in [2.24, 2.45) is 5.73 Å². The molecule has 104 valence electrons. The smallest absolute Gasteiger partial charge is 0.119 e. The number of nitrogens with two attached hydrogens (primary N) is 1. The monoisotopic (exact) mass is 260 g/mol. The quantitative estimate of drug-likeness (QED) is 0.901. The van der Waals surface area contributed by atoms with Crippen LogP contribution < -0.4 is 10.5 Å². The second-order valence-electron chi connectivity index (χ2n) is 5.98. The molecule has 1 aliphatic heterocycles. The Balaban J connectivity index is 1.78. The SMILES string of the molecule is COc1cccc(C2(CN)CCN(C3CC3)CC2)c1. The summed E-state index contributed by atoms with van der Waals surface area (Å²) in [6, 6.07) is 9.34. The molecule has 1 saturated carbocycles. The van der Waals surface area contributed by atoms with Gasteiger partial charge in [-0.2, -0.15) is 0 Å². The van der Waals surface area contributed by atoms with Crippen molar-refractivity contribution < 1.29 is 4.74 Å². The predicted molar refractivity (Wildman–Crippen MR) is 77.6 cm³/mol. The second-order valence-corrected chi connectivity index (χ2v) is 5.98. The molecular formula is C16H24N2O. The van der Waals surface area contributed by atoms with Crippen LogP contribution in [0.15, 0.2) is 24.3 Å². The summed E-state index contributed by atoms with van der Waals surface area (Å²) < 4.78 is 5.35. The zero-order valence-electron chi connectivity index (χ0n) is 11.8. The highest BCUT2D eigenvalue weighted by molar-refractivity contribution is 5.35. The van der Waals surface area contributed by atoms with Gasteiger partial charge in [0.1, 0.15) is 5.75 Å². The number of piperidine rings is 1. The minimum absolute atomic E-state index is 0.153. The van der Waals surface area contributed by atoms with Crippen molar-refractivity contribution in [1.82, 2.24) is 4.90 Å². The minimum Gasteiger partial charge on any atom is -0.497 e. The molecule has 2 aliphatic rings. The third kappa shape index (κ3) is 2.49. The molecule has 1 heterocycles. The number of likely N-dealkylation sites (tertiary alicyclic amines) is 1. The Hall–Kier alpha value is -1.06. The van der Waals surface area contributed by atoms with Crippen molar-refractivity contribution >= 4 is 0 Å². The normalized spacial score (nSPS) is 23.3. The van der Waals surface area contributed by atoms with Crippen LogP contribution in [0.5, 0.6) is 5.75 Å². The molecule has 1 aromatic carbocycles. The summed E-state index contributed by atoms with van der Waals surface area (Å²) in [6.45, 7) is 3.12. The van der Waals surface area contributed by atoms with Gasteiger partial charge in [-0.25, -0.2) is 0 Å². The van der Waals surface area contributed by atoms with Crippen LogP contribution in [0.3, 0.4) is 0 Å². The first kappa shape index (κ1) is 12.9. The van der Waals surface area contributed by atoms with Gasteiger partial charge < -0.3 is 15.4 Å². The largest absolute Gasteiger partial charge is 0.497 e. The van der Waals surface area contributed by atoms with E-state index in [1.165, 1.54) is 44.3 Å². The van der Waals surface area contributed by atoms with E-state index in [-0.39, 0.29) is 5.41 Å². The lowest BCUT2D eigenvalue weighted by Gasteiger charge is -2.42. The van der Waals surface area contributed by atoms with Crippen molar-refractivity contribution in [3.63, 3.8) is 0 Å². The number of ether oxygens (including phenoxy) is 1. The summed E-state index contributed by atoms with van der Waals surface area (Å²) in [5.41, 5.74) is 7.64. The molecule has 1 aromatic rings. The molecule has 0 radical (unpaired) electrons. The van der Waals surface area contributed by atoms with Crippen LogP contribution in [-0.4, -0.2) is 37.7 Å². The predicted octanol–water partition coefficient (Wildman–Crippen LogP) is 2.15. The molecule has 3 rings (SSSR count). The lowest BCUT2D eigenvalue weighted by atomic mass is 9.72. The van der Waals surface area contributed by atoms with Gasteiger partial charge in [0.15, 0.2) is 0 Å². The van der Waals surface area contributed by atoms with Gasteiger partial charge in [0.2, 0.25) is 0 Å². The fourth-order valence-corrected chi connectivity index (χ4v) is 3.32. The summed E-state index contributed by atoms with van der Waals surface area (Å²) in [6.07, 6.45) is 5.14. The van der Waals surface area contributed by atoms with E-state index in [9.17, 15) is 0 Å². The number of nitrogens with zero attached hydrogens (tertiary/aromatic N) is 1. The van der Waals surface area contributed by atoms with Gasteiger partial charge in [0.05, 0.1) is 7.11 Å². The molecule has 1 saturated heterocycles. The number of rotatable bonds is 4. The third-order valence-corrected chi connectivity index (χ3v) is 4.89. The van der Waals surface area contributed by atoms with E-state index < -0.39 is 0 Å². The first-order valence-electron chi connectivity index (χ1n) is 7.36. The average molecular weight is 260 g/mol. The van der Waals surface area contributed by atoms with Gasteiger partial charge in [-0.05, 0) is 56.5 Å². The number of hydrogen-bond acceptors (Lipinski definition) is 3. The maximum atomic E-state index is 6.14. The fraction of sp³-hybridized carbons (Fsp3) is 0.625. The van der Waals surface area contributed by atoms with E-state index in [1.807, 2.05) is 6.07 Å². The second kappa shape index (κ2) is 5.14. The first-order valence-corrected chi connectivity index (χ1v) is 7.36. The Kier molecular flexibility index (Phi) is 3.50. The highest BCUT2D eigenvalue weighted by atomic mass is 16.5. The molecule has 0 unspecified atom stereocenters. The van der Waals surface area contributed by atoms with Crippen LogP contribution in [0.2, 0.25) is 0 Å². The molecule has 3 heteroatoms. The van der Waals surface area contributed by atoms with Crippen LogP contribution in [0.25, 0.3) is 0 Å². The summed E-state index contributed by atoms with van der Waals surface area (Å²) >= 11 is 0. The molecule has 3 nitrogen and oxygen atoms in total. The standard InChI is InChI=1S/C16H24N2O/c1-19-15-4-2-3-13(11-15)16(12-17)7-9-18(10-8-16)14-5-6-14/h2-4,11,14H,5-10,12,17H2,1H3. The molecule has 1 aliphatic carbocycles. The maximum Gasteiger partial charge on any atom is 0.119 e. The van der Waals surface area contributed by atoms with Crippen molar-refractivity contribution in [2.45, 2.75) is 37.1 Å². The molecular weight excluding hydrogens is 236 g/mol. The van der Waals surface area contributed by atoms with Crippen LogP contribution in [0.4, 0.5) is 0 Å². The minimum atomic E-state index is 0.153. The van der Waals surface area contributed by atoms with E-state index in [2.05, 4.69) is 23.1 Å². The van der Waals surface area contributed by atoms with Crippen LogP contribution in [0, 0.1) is 0 Å². The first-order chi connectivity index (χ1) is 9.27. The maximum absolute atomic E-state index is 6.14. The van der Waals surface area contributed by atoms with E-state index in [0.29, 0.717) is 0 Å². The highest BCUT2D eigenvalue weighted by Gasteiger charge is 2.39. The van der Waals surface area contributed by atoms with E-state index in [1.54, 1.807) is 7.11 Å². The zero-order chi connectivity index (χ0) is 13.3. The Morgan fingerprint density at radius 3 is 2.63 bits per heavy atom. The van der Waals surface area contributed by atoms with Crippen molar-refractivity contribution in [3.8, 4) is 5.75 Å².